The number of hydrogen-bond acceptors (Lipinski definition) is 1. The van der Waals surface area contributed by atoms with Crippen molar-refractivity contribution in [1.29, 1.82) is 0 Å². The summed E-state index contributed by atoms with van der Waals surface area (Å²) in [6, 6.07) is 9.86. The van der Waals surface area contributed by atoms with Gasteiger partial charge in [0, 0.05) is 11.8 Å². The van der Waals surface area contributed by atoms with Crippen LogP contribution >= 0.6 is 11.6 Å². The summed E-state index contributed by atoms with van der Waals surface area (Å²) in [5, 5.41) is 0.435. The van der Waals surface area contributed by atoms with Gasteiger partial charge in [0.25, 0.3) is 0 Å². The Labute approximate surface area is 86.2 Å². The molecule has 0 radical (unpaired) electrons. The first kappa shape index (κ1) is 9.16. The van der Waals surface area contributed by atoms with Crippen LogP contribution in [0.4, 0.5) is 4.39 Å². The van der Waals surface area contributed by atoms with Crippen LogP contribution in [0.25, 0.3) is 11.1 Å². The van der Waals surface area contributed by atoms with Crippen LogP contribution in [-0.4, -0.2) is 4.98 Å². The molecule has 2 aromatic rings. The van der Waals surface area contributed by atoms with E-state index >= 15 is 0 Å². The van der Waals surface area contributed by atoms with Gasteiger partial charge in [0.15, 0.2) is 0 Å². The van der Waals surface area contributed by atoms with Crippen LogP contribution < -0.4 is 0 Å². The molecule has 1 heterocycles. The largest absolute Gasteiger partial charge is 0.244 e. The van der Waals surface area contributed by atoms with Crippen molar-refractivity contribution in [2.75, 3.05) is 0 Å². The van der Waals surface area contributed by atoms with Crippen molar-refractivity contribution in [2.45, 2.75) is 0 Å². The average Bonchev–Trinajstić information content (AvgIpc) is 2.19. The summed E-state index contributed by atoms with van der Waals surface area (Å²) in [4.78, 5) is 3.93. The lowest BCUT2D eigenvalue weighted by Gasteiger charge is -2.00. The lowest BCUT2D eigenvalue weighted by Crippen LogP contribution is -1.81. The second kappa shape index (κ2) is 3.76. The van der Waals surface area contributed by atoms with Gasteiger partial charge >= 0.3 is 0 Å². The van der Waals surface area contributed by atoms with Crippen molar-refractivity contribution >= 4 is 11.6 Å². The Bertz CT molecular complexity index is 439. The topological polar surface area (TPSA) is 12.9 Å². The summed E-state index contributed by atoms with van der Waals surface area (Å²) >= 11 is 5.65. The maximum atomic E-state index is 12.9. The summed E-state index contributed by atoms with van der Waals surface area (Å²) in [7, 11) is 0. The van der Waals surface area contributed by atoms with Gasteiger partial charge in [-0.05, 0) is 29.8 Å². The van der Waals surface area contributed by atoms with E-state index in [1.165, 1.54) is 12.1 Å². The van der Waals surface area contributed by atoms with Gasteiger partial charge in [-0.1, -0.05) is 23.7 Å². The molecule has 0 saturated heterocycles. The SMILES string of the molecule is Fc1cccc(-c2ccc(Cl)nc2)c1. The van der Waals surface area contributed by atoms with Crippen molar-refractivity contribution < 1.29 is 4.39 Å². The Morgan fingerprint density at radius 1 is 1.07 bits per heavy atom. The average molecular weight is 208 g/mol. The van der Waals surface area contributed by atoms with Crippen molar-refractivity contribution in [1.82, 2.24) is 4.98 Å². The van der Waals surface area contributed by atoms with Gasteiger partial charge in [-0.3, -0.25) is 0 Å². The van der Waals surface area contributed by atoms with E-state index in [1.54, 1.807) is 18.3 Å². The zero-order valence-electron chi connectivity index (χ0n) is 7.24. The van der Waals surface area contributed by atoms with Crippen molar-refractivity contribution in [2.24, 2.45) is 0 Å². The summed E-state index contributed by atoms with van der Waals surface area (Å²) < 4.78 is 12.9. The minimum Gasteiger partial charge on any atom is -0.244 e. The van der Waals surface area contributed by atoms with Crippen LogP contribution in [0.3, 0.4) is 0 Å². The first-order valence-corrected chi connectivity index (χ1v) is 4.51. The standard InChI is InChI=1S/C11H7ClFN/c12-11-5-4-9(7-14-11)8-2-1-3-10(13)6-8/h1-7H. The van der Waals surface area contributed by atoms with Gasteiger partial charge in [0.2, 0.25) is 0 Å². The fourth-order valence-corrected chi connectivity index (χ4v) is 1.33. The van der Waals surface area contributed by atoms with Crippen molar-refractivity contribution in [3.63, 3.8) is 0 Å². The molecule has 3 heteroatoms. The molecule has 0 spiro atoms. The smallest absolute Gasteiger partial charge is 0.129 e. The predicted molar refractivity (Wildman–Crippen MR) is 54.6 cm³/mol. The Balaban J connectivity index is 2.44. The van der Waals surface area contributed by atoms with Gasteiger partial charge < -0.3 is 0 Å². The molecule has 1 aromatic heterocycles. The highest BCUT2D eigenvalue weighted by molar-refractivity contribution is 6.29. The van der Waals surface area contributed by atoms with Crippen LogP contribution in [0.15, 0.2) is 42.6 Å². The molecule has 0 atom stereocenters. The Morgan fingerprint density at radius 2 is 1.93 bits per heavy atom. The van der Waals surface area contributed by atoms with Crippen LogP contribution in [-0.2, 0) is 0 Å². The van der Waals surface area contributed by atoms with E-state index in [2.05, 4.69) is 4.98 Å². The minimum absolute atomic E-state index is 0.252. The fraction of sp³-hybridized carbons (Fsp3) is 0. The monoisotopic (exact) mass is 207 g/mol. The fourth-order valence-electron chi connectivity index (χ4n) is 1.21. The highest BCUT2D eigenvalue weighted by Gasteiger charge is 1.99. The Hall–Kier alpha value is -1.41. The molecule has 2 rings (SSSR count). The molecule has 14 heavy (non-hydrogen) atoms. The highest BCUT2D eigenvalue weighted by atomic mass is 35.5. The third-order valence-electron chi connectivity index (χ3n) is 1.89. The molecule has 0 aliphatic heterocycles. The summed E-state index contributed by atoms with van der Waals surface area (Å²) in [5.74, 6) is -0.252. The zero-order valence-corrected chi connectivity index (χ0v) is 8.00. The number of halogens is 2. The van der Waals surface area contributed by atoms with E-state index in [0.29, 0.717) is 5.15 Å². The Morgan fingerprint density at radius 3 is 2.57 bits per heavy atom. The van der Waals surface area contributed by atoms with Crippen LogP contribution in [0.2, 0.25) is 5.15 Å². The number of benzene rings is 1. The molecule has 0 aliphatic rings. The van der Waals surface area contributed by atoms with Crippen molar-refractivity contribution in [3.8, 4) is 11.1 Å². The maximum Gasteiger partial charge on any atom is 0.129 e. The maximum absolute atomic E-state index is 12.9. The van der Waals surface area contributed by atoms with Crippen LogP contribution in [0.1, 0.15) is 0 Å². The van der Waals surface area contributed by atoms with E-state index in [-0.39, 0.29) is 5.82 Å². The van der Waals surface area contributed by atoms with Crippen LogP contribution in [0.5, 0.6) is 0 Å². The summed E-state index contributed by atoms with van der Waals surface area (Å²) in [6.45, 7) is 0. The molecule has 0 N–H and O–H groups in total. The molecule has 0 fully saturated rings. The number of pyridine rings is 1. The molecule has 1 nitrogen and oxygen atoms in total. The normalized spacial score (nSPS) is 10.1. The third kappa shape index (κ3) is 1.91. The molecule has 0 saturated carbocycles. The van der Waals surface area contributed by atoms with Gasteiger partial charge in [0.05, 0.1) is 0 Å². The first-order valence-electron chi connectivity index (χ1n) is 4.13. The summed E-state index contributed by atoms with van der Waals surface area (Å²) in [5.41, 5.74) is 1.66. The minimum atomic E-state index is -0.252. The number of rotatable bonds is 1. The van der Waals surface area contributed by atoms with E-state index in [4.69, 9.17) is 11.6 Å². The molecule has 70 valence electrons. The lowest BCUT2D eigenvalue weighted by molar-refractivity contribution is 0.628. The third-order valence-corrected chi connectivity index (χ3v) is 2.11. The second-order valence-corrected chi connectivity index (χ2v) is 3.27. The molecule has 0 bridgehead atoms. The molecular weight excluding hydrogens is 201 g/mol. The van der Waals surface area contributed by atoms with E-state index in [1.807, 2.05) is 12.1 Å². The number of aromatic nitrogens is 1. The van der Waals surface area contributed by atoms with Gasteiger partial charge in [-0.15, -0.1) is 0 Å². The van der Waals surface area contributed by atoms with Gasteiger partial charge in [-0.2, -0.15) is 0 Å². The van der Waals surface area contributed by atoms with E-state index in [9.17, 15) is 4.39 Å². The van der Waals surface area contributed by atoms with Crippen LogP contribution in [0, 0.1) is 5.82 Å². The van der Waals surface area contributed by atoms with E-state index in [0.717, 1.165) is 11.1 Å². The second-order valence-electron chi connectivity index (χ2n) is 2.88. The van der Waals surface area contributed by atoms with Crippen molar-refractivity contribution in [3.05, 3.63) is 53.6 Å². The highest BCUT2D eigenvalue weighted by Crippen LogP contribution is 2.20. The van der Waals surface area contributed by atoms with E-state index < -0.39 is 0 Å². The Kier molecular flexibility index (Phi) is 2.46. The summed E-state index contributed by atoms with van der Waals surface area (Å²) in [6.07, 6.45) is 1.62. The number of nitrogens with zero attached hydrogens (tertiary/aromatic N) is 1. The van der Waals surface area contributed by atoms with Gasteiger partial charge in [-0.25, -0.2) is 9.37 Å². The molecule has 0 unspecified atom stereocenters. The van der Waals surface area contributed by atoms with Gasteiger partial charge in [0.1, 0.15) is 11.0 Å². The molecular formula is C11H7ClFN. The molecule has 0 amide bonds. The quantitative estimate of drug-likeness (QED) is 0.652. The molecule has 1 aromatic carbocycles. The number of hydrogen-bond donors (Lipinski definition) is 0. The lowest BCUT2D eigenvalue weighted by atomic mass is 10.1. The molecule has 0 aliphatic carbocycles. The first-order chi connectivity index (χ1) is 6.75. The predicted octanol–water partition coefficient (Wildman–Crippen LogP) is 3.54. The zero-order chi connectivity index (χ0) is 9.97.